The molecule has 0 bridgehead atoms. The van der Waals surface area contributed by atoms with Crippen LogP contribution < -0.4 is 0 Å². The molecule has 2 rings (SSSR count). The molecule has 0 aliphatic heterocycles. The molecule has 0 saturated carbocycles. The third kappa shape index (κ3) is 3.17. The van der Waals surface area contributed by atoms with Crippen molar-refractivity contribution in [2.24, 2.45) is 0 Å². The van der Waals surface area contributed by atoms with Crippen molar-refractivity contribution >= 4 is 5.97 Å². The number of nitrogens with zero attached hydrogens (tertiary/aromatic N) is 1. The first-order chi connectivity index (χ1) is 9.41. The molecule has 1 N–H and O–H groups in total. The fourth-order valence-electron chi connectivity index (χ4n) is 1.48. The van der Waals surface area contributed by atoms with Crippen LogP contribution in [-0.4, -0.2) is 16.2 Å². The van der Waals surface area contributed by atoms with Crippen molar-refractivity contribution in [1.29, 1.82) is 0 Å². The van der Waals surface area contributed by atoms with Gasteiger partial charge in [0, 0.05) is 5.56 Å². The van der Waals surface area contributed by atoms with Crippen LogP contribution in [0.3, 0.4) is 0 Å². The van der Waals surface area contributed by atoms with Crippen LogP contribution in [0, 0.1) is 0 Å². The summed E-state index contributed by atoms with van der Waals surface area (Å²) in [5.74, 6) is -3.34. The number of hydrogen-bond donors (Lipinski definition) is 1. The maximum atomic E-state index is 12.5. The largest absolute Gasteiger partial charge is 0.477 e. The van der Waals surface area contributed by atoms with Gasteiger partial charge < -0.3 is 9.63 Å². The van der Waals surface area contributed by atoms with Crippen LogP contribution in [0.25, 0.3) is 11.3 Å². The Kier molecular flexibility index (Phi) is 4.90. The molecule has 1 heterocycles. The highest BCUT2D eigenvalue weighted by Crippen LogP contribution is 2.36. The second-order valence-corrected chi connectivity index (χ2v) is 3.40. The summed E-state index contributed by atoms with van der Waals surface area (Å²) < 4.78 is 41.7. The highest BCUT2D eigenvalue weighted by Gasteiger charge is 2.42. The van der Waals surface area contributed by atoms with Crippen molar-refractivity contribution in [2.75, 3.05) is 0 Å². The van der Waals surface area contributed by atoms with Gasteiger partial charge >= 0.3 is 12.1 Å². The third-order valence-electron chi connectivity index (χ3n) is 2.21. The van der Waals surface area contributed by atoms with E-state index in [1.807, 2.05) is 13.8 Å². The quantitative estimate of drug-likeness (QED) is 0.903. The van der Waals surface area contributed by atoms with Gasteiger partial charge in [0.2, 0.25) is 0 Å². The zero-order valence-corrected chi connectivity index (χ0v) is 10.7. The van der Waals surface area contributed by atoms with Gasteiger partial charge in [0.1, 0.15) is 11.3 Å². The number of aromatic carboxylic acids is 1. The summed E-state index contributed by atoms with van der Waals surface area (Å²) in [6.45, 7) is 4.00. The van der Waals surface area contributed by atoms with Crippen molar-refractivity contribution in [1.82, 2.24) is 5.16 Å². The number of carboxylic acids is 1. The highest BCUT2D eigenvalue weighted by atomic mass is 19.4. The maximum absolute atomic E-state index is 12.5. The number of carbonyl (C=O) groups is 1. The first kappa shape index (κ1) is 15.7. The first-order valence-electron chi connectivity index (χ1n) is 5.77. The standard InChI is InChI=1S/C11H6F3NO3.C2H6/c12-11(13,14)9-7(10(16)17)8(15-18-9)6-4-2-1-3-5-6;1-2/h1-5H,(H,16,17);1-2H3. The maximum Gasteiger partial charge on any atom is 0.453 e. The Balaban J connectivity index is 0.000000956. The average molecular weight is 287 g/mol. The molecule has 20 heavy (non-hydrogen) atoms. The number of aromatic nitrogens is 1. The smallest absolute Gasteiger partial charge is 0.453 e. The van der Waals surface area contributed by atoms with Crippen LogP contribution in [0.2, 0.25) is 0 Å². The molecule has 2 aromatic rings. The van der Waals surface area contributed by atoms with E-state index in [2.05, 4.69) is 9.68 Å². The number of halogens is 3. The summed E-state index contributed by atoms with van der Waals surface area (Å²) in [7, 11) is 0. The fraction of sp³-hybridized carbons (Fsp3) is 0.231. The van der Waals surface area contributed by atoms with Gasteiger partial charge in [0.15, 0.2) is 0 Å². The van der Waals surface area contributed by atoms with Gasteiger partial charge in [-0.25, -0.2) is 4.79 Å². The Hall–Kier alpha value is -2.31. The van der Waals surface area contributed by atoms with Crippen molar-refractivity contribution in [3.8, 4) is 11.3 Å². The van der Waals surface area contributed by atoms with E-state index in [4.69, 9.17) is 5.11 Å². The van der Waals surface area contributed by atoms with Gasteiger partial charge in [-0.3, -0.25) is 0 Å². The molecule has 0 fully saturated rings. The van der Waals surface area contributed by atoms with Crippen molar-refractivity contribution in [3.63, 3.8) is 0 Å². The van der Waals surface area contributed by atoms with Crippen LogP contribution in [0.15, 0.2) is 34.9 Å². The minimum atomic E-state index is -4.90. The molecule has 0 saturated heterocycles. The van der Waals surface area contributed by atoms with E-state index < -0.39 is 23.5 Å². The van der Waals surface area contributed by atoms with Crippen molar-refractivity contribution in [2.45, 2.75) is 20.0 Å². The minimum Gasteiger partial charge on any atom is -0.477 e. The molecule has 0 aliphatic carbocycles. The molecule has 4 nitrogen and oxygen atoms in total. The third-order valence-corrected chi connectivity index (χ3v) is 2.21. The Bertz CT molecular complexity index is 576. The molecule has 0 aliphatic rings. The van der Waals surface area contributed by atoms with E-state index in [1.165, 1.54) is 12.1 Å². The van der Waals surface area contributed by atoms with E-state index in [1.54, 1.807) is 18.2 Å². The monoisotopic (exact) mass is 287 g/mol. The number of rotatable bonds is 2. The molecule has 0 amide bonds. The Morgan fingerprint density at radius 2 is 1.75 bits per heavy atom. The van der Waals surface area contributed by atoms with Crippen molar-refractivity contribution in [3.05, 3.63) is 41.7 Å². The lowest BCUT2D eigenvalue weighted by Crippen LogP contribution is -2.10. The van der Waals surface area contributed by atoms with E-state index in [-0.39, 0.29) is 11.3 Å². The Labute approximate surface area is 112 Å². The number of carboxylic acid groups (broad SMARTS) is 1. The summed E-state index contributed by atoms with van der Waals surface area (Å²) in [5.41, 5.74) is -1.07. The van der Waals surface area contributed by atoms with E-state index in [0.29, 0.717) is 0 Å². The molecule has 0 radical (unpaired) electrons. The zero-order chi connectivity index (χ0) is 15.3. The second-order valence-electron chi connectivity index (χ2n) is 3.40. The van der Waals surface area contributed by atoms with Crippen LogP contribution in [-0.2, 0) is 6.18 Å². The Morgan fingerprint density at radius 3 is 2.20 bits per heavy atom. The molecule has 0 atom stereocenters. The van der Waals surface area contributed by atoms with Crippen molar-refractivity contribution < 1.29 is 27.6 Å². The zero-order valence-electron chi connectivity index (χ0n) is 10.7. The summed E-state index contributed by atoms with van der Waals surface area (Å²) in [4.78, 5) is 10.9. The minimum absolute atomic E-state index is 0.245. The van der Waals surface area contributed by atoms with Gasteiger partial charge in [-0.05, 0) is 0 Å². The number of alkyl halides is 3. The molecule has 108 valence electrons. The second kappa shape index (κ2) is 6.23. The number of benzene rings is 1. The lowest BCUT2D eigenvalue weighted by molar-refractivity contribution is -0.156. The van der Waals surface area contributed by atoms with Gasteiger partial charge in [-0.2, -0.15) is 13.2 Å². The molecule has 0 unspecified atom stereocenters. The molecule has 1 aromatic carbocycles. The summed E-state index contributed by atoms with van der Waals surface area (Å²) >= 11 is 0. The van der Waals surface area contributed by atoms with E-state index >= 15 is 0 Å². The molecule has 0 spiro atoms. The van der Waals surface area contributed by atoms with E-state index in [0.717, 1.165) is 0 Å². The lowest BCUT2D eigenvalue weighted by atomic mass is 10.1. The summed E-state index contributed by atoms with van der Waals surface area (Å²) in [5, 5.41) is 12.1. The molecular weight excluding hydrogens is 275 g/mol. The van der Waals surface area contributed by atoms with Crippen LogP contribution in [0.5, 0.6) is 0 Å². The SMILES string of the molecule is CC.O=C(O)c1c(-c2ccccc2)noc1C(F)(F)F. The van der Waals surface area contributed by atoms with Gasteiger partial charge in [-0.15, -0.1) is 0 Å². The van der Waals surface area contributed by atoms with E-state index in [9.17, 15) is 18.0 Å². The van der Waals surface area contributed by atoms with Crippen LogP contribution >= 0.6 is 0 Å². The van der Waals surface area contributed by atoms with Gasteiger partial charge in [0.05, 0.1) is 0 Å². The summed E-state index contributed by atoms with van der Waals surface area (Å²) in [6, 6.07) is 7.66. The van der Waals surface area contributed by atoms with Crippen LogP contribution in [0.4, 0.5) is 13.2 Å². The fourth-order valence-corrected chi connectivity index (χ4v) is 1.48. The van der Waals surface area contributed by atoms with Gasteiger partial charge in [0.25, 0.3) is 5.76 Å². The molecule has 7 heteroatoms. The number of hydrogen-bond acceptors (Lipinski definition) is 3. The van der Waals surface area contributed by atoms with Gasteiger partial charge in [-0.1, -0.05) is 49.3 Å². The normalized spacial score (nSPS) is 10.7. The van der Waals surface area contributed by atoms with Crippen LogP contribution in [0.1, 0.15) is 30.0 Å². The predicted octanol–water partition coefficient (Wildman–Crippen LogP) is 4.08. The average Bonchev–Trinajstić information content (AvgIpc) is 2.87. The Morgan fingerprint density at radius 1 is 1.20 bits per heavy atom. The summed E-state index contributed by atoms with van der Waals surface area (Å²) in [6.07, 6.45) is -4.90. The topological polar surface area (TPSA) is 63.3 Å². The molecular formula is C13H12F3NO3. The predicted molar refractivity (Wildman–Crippen MR) is 65.2 cm³/mol. The molecule has 1 aromatic heterocycles. The first-order valence-corrected chi connectivity index (χ1v) is 5.77. The lowest BCUT2D eigenvalue weighted by Gasteiger charge is -2.02. The highest BCUT2D eigenvalue weighted by molar-refractivity contribution is 5.95.